The van der Waals surface area contributed by atoms with E-state index in [1.165, 1.54) is 6.92 Å². The summed E-state index contributed by atoms with van der Waals surface area (Å²) in [7, 11) is 0. The number of carbonyl (C=O) groups excluding carboxylic acids is 3. The Balaban J connectivity index is 1.89. The minimum absolute atomic E-state index is 0.248. The molecule has 4 unspecified atom stereocenters. The van der Waals surface area contributed by atoms with Gasteiger partial charge in [0.1, 0.15) is 5.78 Å². The number of benzene rings is 3. The zero-order valence-electron chi connectivity index (χ0n) is 18.2. The van der Waals surface area contributed by atoms with Crippen LogP contribution < -0.4 is 0 Å². The SMILES string of the molecule is Cc1ccc(C2C(C(=O)c3ccccc3)C(=O)CC(C)(O)C2C(=O)c2ccccc2)cc1. The Kier molecular flexibility index (Phi) is 5.90. The maximum atomic E-state index is 13.7. The largest absolute Gasteiger partial charge is 0.389 e. The molecule has 3 aromatic carbocycles. The van der Waals surface area contributed by atoms with Crippen molar-refractivity contribution >= 4 is 17.3 Å². The Morgan fingerprint density at radius 2 is 1.31 bits per heavy atom. The molecule has 0 radical (unpaired) electrons. The summed E-state index contributed by atoms with van der Waals surface area (Å²) in [6, 6.07) is 24.9. The molecule has 0 bridgehead atoms. The first-order chi connectivity index (χ1) is 15.3. The summed E-state index contributed by atoms with van der Waals surface area (Å²) in [5.41, 5.74) is 1.03. The van der Waals surface area contributed by atoms with Gasteiger partial charge in [0.2, 0.25) is 0 Å². The molecule has 4 atom stereocenters. The molecule has 0 aliphatic heterocycles. The molecule has 4 nitrogen and oxygen atoms in total. The Morgan fingerprint density at radius 3 is 1.84 bits per heavy atom. The molecular weight excluding hydrogens is 400 g/mol. The second-order valence-corrected chi connectivity index (χ2v) is 8.85. The van der Waals surface area contributed by atoms with Gasteiger partial charge >= 0.3 is 0 Å². The summed E-state index contributed by atoms with van der Waals surface area (Å²) in [6.45, 7) is 3.48. The van der Waals surface area contributed by atoms with Crippen LogP contribution in [0.3, 0.4) is 0 Å². The van der Waals surface area contributed by atoms with Crippen molar-refractivity contribution in [2.24, 2.45) is 11.8 Å². The van der Waals surface area contributed by atoms with Crippen LogP contribution in [0.25, 0.3) is 0 Å². The van der Waals surface area contributed by atoms with Gasteiger partial charge in [0.05, 0.1) is 17.4 Å². The fraction of sp³-hybridized carbons (Fsp3) is 0.250. The zero-order valence-corrected chi connectivity index (χ0v) is 18.2. The lowest BCUT2D eigenvalue weighted by molar-refractivity contribution is -0.134. The van der Waals surface area contributed by atoms with Gasteiger partial charge in [-0.25, -0.2) is 0 Å². The standard InChI is InChI=1S/C28H26O4/c1-18-13-15-19(16-14-18)23-24(26(30)20-9-5-3-6-10-20)22(29)17-28(2,32)25(23)27(31)21-11-7-4-8-12-21/h3-16,23-25,32H,17H2,1-2H3. The smallest absolute Gasteiger partial charge is 0.173 e. The van der Waals surface area contributed by atoms with E-state index >= 15 is 0 Å². The van der Waals surface area contributed by atoms with Gasteiger partial charge in [-0.2, -0.15) is 0 Å². The first-order valence-electron chi connectivity index (χ1n) is 10.8. The van der Waals surface area contributed by atoms with Crippen LogP contribution in [0.15, 0.2) is 84.9 Å². The molecule has 1 N–H and O–H groups in total. The maximum Gasteiger partial charge on any atom is 0.173 e. The minimum atomic E-state index is -1.58. The van der Waals surface area contributed by atoms with Gasteiger partial charge in [-0.05, 0) is 19.4 Å². The second-order valence-electron chi connectivity index (χ2n) is 8.85. The van der Waals surface area contributed by atoms with Crippen LogP contribution >= 0.6 is 0 Å². The number of rotatable bonds is 5. The van der Waals surface area contributed by atoms with Crippen LogP contribution in [0.2, 0.25) is 0 Å². The fourth-order valence-electron chi connectivity index (χ4n) is 4.84. The molecule has 1 aliphatic carbocycles. The van der Waals surface area contributed by atoms with Gasteiger partial charge in [0.15, 0.2) is 11.6 Å². The third-order valence-electron chi connectivity index (χ3n) is 6.41. The molecule has 1 fully saturated rings. The Morgan fingerprint density at radius 1 is 0.812 bits per heavy atom. The van der Waals surface area contributed by atoms with Crippen LogP contribution in [-0.2, 0) is 4.79 Å². The monoisotopic (exact) mass is 426 g/mol. The number of carbonyl (C=O) groups is 3. The number of aryl methyl sites for hydroxylation is 1. The van der Waals surface area contributed by atoms with Gasteiger partial charge in [-0.1, -0.05) is 90.5 Å². The van der Waals surface area contributed by atoms with E-state index in [-0.39, 0.29) is 23.8 Å². The first kappa shape index (κ1) is 21.8. The average molecular weight is 427 g/mol. The summed E-state index contributed by atoms with van der Waals surface area (Å²) in [4.78, 5) is 40.5. The topological polar surface area (TPSA) is 71.4 Å². The highest BCUT2D eigenvalue weighted by Gasteiger charge is 2.55. The molecule has 4 heteroatoms. The molecule has 0 saturated heterocycles. The number of ketones is 3. The number of aliphatic hydroxyl groups is 1. The van der Waals surface area contributed by atoms with E-state index in [4.69, 9.17) is 0 Å². The molecule has 0 heterocycles. The normalized spacial score (nSPS) is 25.3. The van der Waals surface area contributed by atoms with E-state index in [1.807, 2.05) is 43.3 Å². The highest BCUT2D eigenvalue weighted by atomic mass is 16.3. The van der Waals surface area contributed by atoms with E-state index in [0.29, 0.717) is 16.7 Å². The zero-order chi connectivity index (χ0) is 22.9. The number of hydrogen-bond acceptors (Lipinski definition) is 4. The lowest BCUT2D eigenvalue weighted by atomic mass is 9.58. The van der Waals surface area contributed by atoms with Gasteiger partial charge in [0.25, 0.3) is 0 Å². The third kappa shape index (κ3) is 4.06. The van der Waals surface area contributed by atoms with Crippen molar-refractivity contribution in [1.82, 2.24) is 0 Å². The van der Waals surface area contributed by atoms with Crippen LogP contribution in [0.1, 0.15) is 51.1 Å². The van der Waals surface area contributed by atoms with Gasteiger partial charge in [0, 0.05) is 23.5 Å². The summed E-state index contributed by atoms with van der Waals surface area (Å²) in [5, 5.41) is 11.3. The van der Waals surface area contributed by atoms with Crippen molar-refractivity contribution in [3.8, 4) is 0 Å². The maximum absolute atomic E-state index is 13.7. The quantitative estimate of drug-likeness (QED) is 0.470. The fourth-order valence-corrected chi connectivity index (χ4v) is 4.84. The van der Waals surface area contributed by atoms with Crippen molar-refractivity contribution in [1.29, 1.82) is 0 Å². The summed E-state index contributed by atoms with van der Waals surface area (Å²) in [6.07, 6.45) is -0.248. The molecule has 1 saturated carbocycles. The highest BCUT2D eigenvalue weighted by Crippen LogP contribution is 2.48. The van der Waals surface area contributed by atoms with Crippen molar-refractivity contribution in [3.05, 3.63) is 107 Å². The first-order valence-corrected chi connectivity index (χ1v) is 10.8. The van der Waals surface area contributed by atoms with E-state index in [9.17, 15) is 19.5 Å². The molecule has 4 rings (SSSR count). The predicted octanol–water partition coefficient (Wildman–Crippen LogP) is 4.80. The van der Waals surface area contributed by atoms with Crippen molar-refractivity contribution in [3.63, 3.8) is 0 Å². The average Bonchev–Trinajstić information content (AvgIpc) is 2.79. The lowest BCUT2D eigenvalue weighted by Crippen LogP contribution is -2.54. The van der Waals surface area contributed by atoms with Crippen LogP contribution in [0, 0.1) is 18.8 Å². The summed E-state index contributed by atoms with van der Waals surface area (Å²) < 4.78 is 0. The summed E-state index contributed by atoms with van der Waals surface area (Å²) in [5.74, 6) is -3.68. The Hall–Kier alpha value is -3.37. The van der Waals surface area contributed by atoms with E-state index < -0.39 is 23.4 Å². The molecule has 0 amide bonds. The molecule has 162 valence electrons. The lowest BCUT2D eigenvalue weighted by Gasteiger charge is -2.45. The van der Waals surface area contributed by atoms with Crippen molar-refractivity contribution < 1.29 is 19.5 Å². The molecule has 0 spiro atoms. The van der Waals surface area contributed by atoms with E-state index in [1.54, 1.807) is 48.5 Å². The molecule has 1 aliphatic rings. The number of hydrogen-bond donors (Lipinski definition) is 1. The molecule has 3 aromatic rings. The van der Waals surface area contributed by atoms with Gasteiger partial charge in [-0.3, -0.25) is 14.4 Å². The minimum Gasteiger partial charge on any atom is -0.389 e. The van der Waals surface area contributed by atoms with E-state index in [2.05, 4.69) is 0 Å². The van der Waals surface area contributed by atoms with Crippen molar-refractivity contribution in [2.75, 3.05) is 0 Å². The van der Waals surface area contributed by atoms with Crippen LogP contribution in [0.4, 0.5) is 0 Å². The molecule has 32 heavy (non-hydrogen) atoms. The highest BCUT2D eigenvalue weighted by molar-refractivity contribution is 6.13. The number of Topliss-reactive ketones (excluding diaryl/α,β-unsaturated/α-hetero) is 3. The van der Waals surface area contributed by atoms with Crippen molar-refractivity contribution in [2.45, 2.75) is 31.8 Å². The molecular formula is C28H26O4. The van der Waals surface area contributed by atoms with E-state index in [0.717, 1.165) is 5.56 Å². The Labute approximate surface area is 187 Å². The second kappa shape index (κ2) is 8.64. The van der Waals surface area contributed by atoms with Gasteiger partial charge < -0.3 is 5.11 Å². The Bertz CT molecular complexity index is 1130. The van der Waals surface area contributed by atoms with Crippen LogP contribution in [0.5, 0.6) is 0 Å². The summed E-state index contributed by atoms with van der Waals surface area (Å²) >= 11 is 0. The van der Waals surface area contributed by atoms with Crippen LogP contribution in [-0.4, -0.2) is 28.1 Å². The predicted molar refractivity (Wildman–Crippen MR) is 123 cm³/mol. The van der Waals surface area contributed by atoms with Gasteiger partial charge in [-0.15, -0.1) is 0 Å². The third-order valence-corrected chi connectivity index (χ3v) is 6.41. The molecule has 0 aromatic heterocycles.